The van der Waals surface area contributed by atoms with Gasteiger partial charge in [-0.2, -0.15) is 0 Å². The van der Waals surface area contributed by atoms with Gasteiger partial charge in [0.25, 0.3) is 5.91 Å². The van der Waals surface area contributed by atoms with E-state index in [1.165, 1.54) is 35.9 Å². The van der Waals surface area contributed by atoms with Crippen molar-refractivity contribution in [2.24, 2.45) is 0 Å². The third-order valence-corrected chi connectivity index (χ3v) is 12.3. The number of unbranched alkanes of at least 4 members (excludes halogenated alkanes) is 2. The first-order chi connectivity index (χ1) is 31.8. The van der Waals surface area contributed by atoms with Gasteiger partial charge in [-0.25, -0.2) is 14.8 Å². The topological polar surface area (TPSA) is 146 Å². The number of amides is 1. The van der Waals surface area contributed by atoms with Crippen molar-refractivity contribution in [3.63, 3.8) is 0 Å². The molecule has 0 saturated carbocycles. The molecule has 65 heavy (non-hydrogen) atoms. The van der Waals surface area contributed by atoms with E-state index >= 15 is 0 Å². The number of hydrogen-bond donors (Lipinski definition) is 3. The summed E-state index contributed by atoms with van der Waals surface area (Å²) in [5, 5.41) is 29.6. The lowest BCUT2D eigenvalue weighted by molar-refractivity contribution is 0.0697. The highest BCUT2D eigenvalue weighted by molar-refractivity contribution is 6.10. The Morgan fingerprint density at radius 1 is 0.600 bits per heavy atom. The molecule has 0 bridgehead atoms. The van der Waals surface area contributed by atoms with Crippen molar-refractivity contribution in [2.75, 3.05) is 25.0 Å². The van der Waals surface area contributed by atoms with Crippen LogP contribution in [0.1, 0.15) is 52.0 Å². The average Bonchev–Trinajstić information content (AvgIpc) is 3.32. The van der Waals surface area contributed by atoms with Crippen LogP contribution in [0.2, 0.25) is 0 Å². The maximum Gasteiger partial charge on any atom is 0.336 e. The summed E-state index contributed by atoms with van der Waals surface area (Å²) in [6.07, 6.45) is 4.05. The Morgan fingerprint density at radius 2 is 1.20 bits per heavy atom. The second-order valence-electron chi connectivity index (χ2n) is 16.4. The van der Waals surface area contributed by atoms with Gasteiger partial charge in [0.2, 0.25) is 0 Å². The van der Waals surface area contributed by atoms with Gasteiger partial charge in [0.1, 0.15) is 17.1 Å². The normalized spacial score (nSPS) is 11.6. The Labute approximate surface area is 373 Å². The van der Waals surface area contributed by atoms with Gasteiger partial charge >= 0.3 is 5.97 Å². The number of aromatic nitrogens is 2. The van der Waals surface area contributed by atoms with Gasteiger partial charge < -0.3 is 24.8 Å². The van der Waals surface area contributed by atoms with Crippen LogP contribution in [-0.2, 0) is 6.42 Å². The number of carboxylic acid groups (broad SMARTS) is 1. The summed E-state index contributed by atoms with van der Waals surface area (Å²) in [4.78, 5) is 51.8. The molecule has 2 aromatic heterocycles. The highest BCUT2D eigenvalue weighted by atomic mass is 16.4. The zero-order valence-corrected chi connectivity index (χ0v) is 35.5. The molecule has 0 fully saturated rings. The van der Waals surface area contributed by atoms with Crippen molar-refractivity contribution >= 4 is 72.1 Å². The lowest BCUT2D eigenvalue weighted by atomic mass is 9.89. The number of phenols is 1. The summed E-state index contributed by atoms with van der Waals surface area (Å²) in [5.74, 6) is -1.26. The number of nitrogens with zero attached hydrogens (tertiary/aromatic N) is 3. The summed E-state index contributed by atoms with van der Waals surface area (Å²) < 4.78 is 6.02. The molecule has 8 aromatic rings. The predicted octanol–water partition coefficient (Wildman–Crippen LogP) is 11.7. The number of aromatic hydroxyl groups is 1. The third kappa shape index (κ3) is 8.06. The molecular weight excluding hydrogens is 813 g/mol. The van der Waals surface area contributed by atoms with Crippen LogP contribution in [0, 0.1) is 0 Å². The molecule has 3 N–H and O–H groups in total. The average molecular weight is 857 g/mol. The Hall–Kier alpha value is -8.11. The van der Waals surface area contributed by atoms with Crippen LogP contribution < -0.4 is 10.7 Å². The second-order valence-corrected chi connectivity index (χ2v) is 16.4. The van der Waals surface area contributed by atoms with E-state index in [9.17, 15) is 24.6 Å². The summed E-state index contributed by atoms with van der Waals surface area (Å²) in [6.45, 7) is 1.51. The molecule has 3 heterocycles. The molecular formula is C55H44N4O6. The van der Waals surface area contributed by atoms with Crippen LogP contribution in [0.5, 0.6) is 5.75 Å². The Bertz CT molecular complexity index is 3380. The molecule has 0 saturated heterocycles. The molecule has 320 valence electrons. The highest BCUT2D eigenvalue weighted by Gasteiger charge is 2.25. The second kappa shape index (κ2) is 17.6. The number of phenolic OH excluding ortho intramolecular Hbond substituents is 1. The van der Waals surface area contributed by atoms with E-state index in [1.807, 2.05) is 53.4 Å². The largest absolute Gasteiger partial charge is 0.508 e. The SMILES string of the molecule is O=C(O)c1cc(C(=O)N(CCCCCc2c3ccccc3nc3ccccc23)CCCNc2c3ccccc3nc3ccccc23)ccc1-c1c2ccc(=O)cc-2oc2cc(O)ccc12. The number of carbonyl (C=O) groups is 2. The number of fused-ring (bicyclic) bond motifs is 6. The monoisotopic (exact) mass is 856 g/mol. The number of benzene rings is 7. The Balaban J connectivity index is 0.934. The van der Waals surface area contributed by atoms with Crippen molar-refractivity contribution in [1.82, 2.24) is 14.9 Å². The molecule has 0 spiro atoms. The number of pyridine rings is 2. The van der Waals surface area contributed by atoms with Crippen LogP contribution in [0.15, 0.2) is 161 Å². The van der Waals surface area contributed by atoms with Gasteiger partial charge in [-0.05, 0) is 97.5 Å². The van der Waals surface area contributed by atoms with E-state index in [0.29, 0.717) is 48.1 Å². The van der Waals surface area contributed by atoms with Gasteiger partial charge in [-0.1, -0.05) is 85.3 Å². The fraction of sp³-hybridized carbons (Fsp3) is 0.145. The fourth-order valence-corrected chi connectivity index (χ4v) is 9.21. The number of aryl methyl sites for hydroxylation is 1. The van der Waals surface area contributed by atoms with Crippen molar-refractivity contribution in [2.45, 2.75) is 32.1 Å². The number of anilines is 1. The molecule has 0 atom stereocenters. The molecule has 10 rings (SSSR count). The number of carboxylic acids is 1. The predicted molar refractivity (Wildman–Crippen MR) is 258 cm³/mol. The first-order valence-electron chi connectivity index (χ1n) is 21.9. The van der Waals surface area contributed by atoms with Gasteiger partial charge in [-0.15, -0.1) is 0 Å². The lowest BCUT2D eigenvalue weighted by Crippen LogP contribution is -2.34. The van der Waals surface area contributed by atoms with E-state index in [0.717, 1.165) is 75.0 Å². The minimum Gasteiger partial charge on any atom is -0.508 e. The summed E-state index contributed by atoms with van der Waals surface area (Å²) in [6, 6.07) is 46.4. The van der Waals surface area contributed by atoms with Crippen LogP contribution >= 0.6 is 0 Å². The van der Waals surface area contributed by atoms with Gasteiger partial charge in [0.05, 0.1) is 33.3 Å². The van der Waals surface area contributed by atoms with Crippen LogP contribution in [0.25, 0.3) is 77.0 Å². The zero-order chi connectivity index (χ0) is 44.4. The number of rotatable bonds is 14. The number of para-hydroxylation sites is 4. The summed E-state index contributed by atoms with van der Waals surface area (Å²) in [7, 11) is 0. The number of aromatic carboxylic acids is 1. The molecule has 1 aliphatic carbocycles. The van der Waals surface area contributed by atoms with Crippen molar-refractivity contribution in [1.29, 1.82) is 0 Å². The molecule has 2 aliphatic rings. The number of hydrogen-bond acceptors (Lipinski definition) is 8. The Morgan fingerprint density at radius 3 is 1.86 bits per heavy atom. The molecule has 0 radical (unpaired) electrons. The van der Waals surface area contributed by atoms with Crippen molar-refractivity contribution in [3.8, 4) is 28.2 Å². The highest BCUT2D eigenvalue weighted by Crippen LogP contribution is 2.42. The van der Waals surface area contributed by atoms with Crippen molar-refractivity contribution in [3.05, 3.63) is 179 Å². The molecule has 1 aliphatic heterocycles. The lowest BCUT2D eigenvalue weighted by Gasteiger charge is -2.24. The zero-order valence-electron chi connectivity index (χ0n) is 35.5. The Kier molecular flexibility index (Phi) is 11.1. The van der Waals surface area contributed by atoms with Gasteiger partial charge in [-0.3, -0.25) is 9.59 Å². The van der Waals surface area contributed by atoms with E-state index in [-0.39, 0.29) is 39.6 Å². The summed E-state index contributed by atoms with van der Waals surface area (Å²) in [5.41, 5.74) is 7.63. The molecule has 10 heteroatoms. The smallest absolute Gasteiger partial charge is 0.336 e. The van der Waals surface area contributed by atoms with E-state index in [1.54, 1.807) is 24.3 Å². The molecule has 0 unspecified atom stereocenters. The first-order valence-corrected chi connectivity index (χ1v) is 21.9. The fourth-order valence-electron chi connectivity index (χ4n) is 9.21. The number of nitrogens with one attached hydrogen (secondary N) is 1. The van der Waals surface area contributed by atoms with Gasteiger partial charge in [0.15, 0.2) is 5.43 Å². The van der Waals surface area contributed by atoms with Crippen molar-refractivity contribution < 1.29 is 24.2 Å². The molecule has 10 nitrogen and oxygen atoms in total. The number of carbonyl (C=O) groups excluding carboxylic acids is 1. The minimum absolute atomic E-state index is 0.0404. The van der Waals surface area contributed by atoms with Crippen LogP contribution in [0.4, 0.5) is 5.69 Å². The summed E-state index contributed by atoms with van der Waals surface area (Å²) >= 11 is 0. The minimum atomic E-state index is -1.21. The van der Waals surface area contributed by atoms with E-state index in [4.69, 9.17) is 14.4 Å². The molecule has 6 aromatic carbocycles. The van der Waals surface area contributed by atoms with E-state index in [2.05, 4.69) is 53.8 Å². The van der Waals surface area contributed by atoms with Crippen LogP contribution in [-0.4, -0.2) is 56.6 Å². The van der Waals surface area contributed by atoms with Crippen LogP contribution in [0.3, 0.4) is 0 Å². The quantitative estimate of drug-likeness (QED) is 0.0718. The maximum absolute atomic E-state index is 14.7. The molecule has 1 amide bonds. The van der Waals surface area contributed by atoms with E-state index < -0.39 is 5.97 Å². The van der Waals surface area contributed by atoms with Gasteiger partial charge in [0, 0.05) is 75.4 Å². The third-order valence-electron chi connectivity index (χ3n) is 12.3. The standard InChI is InChI=1S/C55H44N4O6/c60-35-23-26-43-50(32-35)65-51-33-36(61)24-27-44(51)52(43)40-25-22-34(31-45(40)55(63)64)54(62)59(30-12-28-56-53-41-16-5-9-20-48(41)58-49-21-10-6-17-42(49)53)29-11-1-2-13-37-38-14-3-7-18-46(38)57-47-19-8-4-15-39(37)47/h3-10,14-27,31-33,60H,1-2,11-13,28-30H2,(H,56,58)(H,63,64). The first kappa shape index (κ1) is 40.9. The maximum atomic E-state index is 14.7.